The van der Waals surface area contributed by atoms with Crippen molar-refractivity contribution in [3.05, 3.63) is 35.9 Å². The van der Waals surface area contributed by atoms with E-state index in [1.54, 1.807) is 0 Å². The Hall–Kier alpha value is -2.10. The van der Waals surface area contributed by atoms with Crippen LogP contribution in [0, 0.1) is 0 Å². The molecule has 0 heterocycles. The van der Waals surface area contributed by atoms with Gasteiger partial charge in [-0.05, 0) is 37.6 Å². The SMILES string of the molecule is NC(CCCCNC(=O)OCc1ccccc1)(CCCCB(O)O)C(=O)O. The quantitative estimate of drug-likeness (QED) is 0.258. The first-order chi connectivity index (χ1) is 12.8. The zero-order chi connectivity index (χ0) is 20.1. The molecule has 1 atom stereocenters. The molecule has 0 bridgehead atoms. The van der Waals surface area contributed by atoms with E-state index in [2.05, 4.69) is 5.32 Å². The van der Waals surface area contributed by atoms with Crippen LogP contribution in [-0.4, -0.2) is 46.4 Å². The van der Waals surface area contributed by atoms with Gasteiger partial charge in [0.15, 0.2) is 0 Å². The van der Waals surface area contributed by atoms with Gasteiger partial charge in [0.25, 0.3) is 0 Å². The number of hydrogen-bond acceptors (Lipinski definition) is 6. The number of carbonyl (C=O) groups excluding carboxylic acids is 1. The molecule has 1 rings (SSSR count). The maximum Gasteiger partial charge on any atom is 0.451 e. The number of benzene rings is 1. The fourth-order valence-electron chi connectivity index (χ4n) is 2.64. The van der Waals surface area contributed by atoms with E-state index in [1.807, 2.05) is 30.3 Å². The van der Waals surface area contributed by atoms with E-state index in [9.17, 15) is 14.7 Å². The fourth-order valence-corrected chi connectivity index (χ4v) is 2.64. The summed E-state index contributed by atoms with van der Waals surface area (Å²) < 4.78 is 5.09. The normalized spacial score (nSPS) is 12.9. The summed E-state index contributed by atoms with van der Waals surface area (Å²) in [5.74, 6) is -1.07. The summed E-state index contributed by atoms with van der Waals surface area (Å²) in [5.41, 5.74) is 5.54. The second-order valence-corrected chi connectivity index (χ2v) is 6.63. The first kappa shape index (κ1) is 22.9. The Morgan fingerprint density at radius 2 is 1.70 bits per heavy atom. The lowest BCUT2D eigenvalue weighted by Crippen LogP contribution is -2.48. The summed E-state index contributed by atoms with van der Waals surface area (Å²) in [5, 5.41) is 29.6. The number of alkyl carbamates (subject to hydrolysis) is 1. The van der Waals surface area contributed by atoms with Gasteiger partial charge in [0.05, 0.1) is 0 Å². The molecule has 0 aliphatic heterocycles. The summed E-state index contributed by atoms with van der Waals surface area (Å²) in [4.78, 5) is 23.0. The van der Waals surface area contributed by atoms with Gasteiger partial charge in [-0.25, -0.2) is 4.79 Å². The van der Waals surface area contributed by atoms with Gasteiger partial charge in [0, 0.05) is 6.54 Å². The van der Waals surface area contributed by atoms with E-state index in [1.165, 1.54) is 0 Å². The minimum absolute atomic E-state index is 0.195. The summed E-state index contributed by atoms with van der Waals surface area (Å²) in [6, 6.07) is 9.34. The largest absolute Gasteiger partial charge is 0.480 e. The molecule has 1 aromatic rings. The third-order valence-corrected chi connectivity index (χ3v) is 4.29. The third kappa shape index (κ3) is 9.98. The first-order valence-electron chi connectivity index (χ1n) is 9.16. The van der Waals surface area contributed by atoms with Crippen LogP contribution >= 0.6 is 0 Å². The second kappa shape index (κ2) is 12.3. The molecule has 0 radical (unpaired) electrons. The summed E-state index contributed by atoms with van der Waals surface area (Å²) in [6.45, 7) is 0.570. The fraction of sp³-hybridized carbons (Fsp3) is 0.556. The zero-order valence-corrected chi connectivity index (χ0v) is 15.5. The van der Waals surface area contributed by atoms with Gasteiger partial charge >= 0.3 is 19.2 Å². The molecule has 1 amide bonds. The minimum Gasteiger partial charge on any atom is -0.480 e. The number of unbranched alkanes of at least 4 members (excludes halogenated alkanes) is 2. The molecule has 8 nitrogen and oxygen atoms in total. The van der Waals surface area contributed by atoms with Crippen molar-refractivity contribution in [1.82, 2.24) is 5.32 Å². The highest BCUT2D eigenvalue weighted by molar-refractivity contribution is 6.40. The van der Waals surface area contributed by atoms with Gasteiger partial charge in [-0.1, -0.05) is 43.2 Å². The number of rotatable bonds is 13. The Labute approximate surface area is 159 Å². The topological polar surface area (TPSA) is 142 Å². The Balaban J connectivity index is 2.19. The van der Waals surface area contributed by atoms with Crippen LogP contribution in [0.5, 0.6) is 0 Å². The van der Waals surface area contributed by atoms with Gasteiger partial charge in [0.2, 0.25) is 0 Å². The molecule has 1 unspecified atom stereocenters. The number of carboxylic acid groups (broad SMARTS) is 1. The van der Waals surface area contributed by atoms with Crippen LogP contribution in [0.4, 0.5) is 4.79 Å². The number of carbonyl (C=O) groups is 2. The van der Waals surface area contributed by atoms with Crippen molar-refractivity contribution in [2.75, 3.05) is 6.54 Å². The van der Waals surface area contributed by atoms with Gasteiger partial charge in [0.1, 0.15) is 12.1 Å². The Morgan fingerprint density at radius 3 is 2.30 bits per heavy atom. The first-order valence-corrected chi connectivity index (χ1v) is 9.16. The average molecular weight is 380 g/mol. The van der Waals surface area contributed by atoms with Crippen molar-refractivity contribution >= 4 is 19.2 Å². The van der Waals surface area contributed by atoms with Crippen molar-refractivity contribution in [2.45, 2.75) is 57.0 Å². The molecule has 0 aromatic heterocycles. The highest BCUT2D eigenvalue weighted by atomic mass is 16.5. The summed E-state index contributed by atoms with van der Waals surface area (Å²) in [7, 11) is -1.38. The van der Waals surface area contributed by atoms with Crippen molar-refractivity contribution < 1.29 is 29.5 Å². The lowest BCUT2D eigenvalue weighted by Gasteiger charge is -2.24. The van der Waals surface area contributed by atoms with Crippen molar-refractivity contribution in [3.8, 4) is 0 Å². The molecular weight excluding hydrogens is 351 g/mol. The molecule has 0 saturated carbocycles. The van der Waals surface area contributed by atoms with Crippen molar-refractivity contribution in [2.24, 2.45) is 5.73 Å². The number of amides is 1. The van der Waals surface area contributed by atoms with E-state index in [0.29, 0.717) is 32.2 Å². The molecule has 6 N–H and O–H groups in total. The lowest BCUT2D eigenvalue weighted by molar-refractivity contribution is -0.144. The predicted octanol–water partition coefficient (Wildman–Crippen LogP) is 1.51. The summed E-state index contributed by atoms with van der Waals surface area (Å²) in [6.07, 6.45) is 2.37. The molecule has 9 heteroatoms. The molecule has 1 aromatic carbocycles. The lowest BCUT2D eigenvalue weighted by atomic mass is 9.81. The van der Waals surface area contributed by atoms with Gasteiger partial charge in [-0.2, -0.15) is 0 Å². The van der Waals surface area contributed by atoms with Gasteiger partial charge < -0.3 is 30.9 Å². The smallest absolute Gasteiger partial charge is 0.451 e. The van der Waals surface area contributed by atoms with Crippen LogP contribution in [0.25, 0.3) is 0 Å². The third-order valence-electron chi connectivity index (χ3n) is 4.29. The molecule has 0 fully saturated rings. The molecule has 27 heavy (non-hydrogen) atoms. The average Bonchev–Trinajstić information content (AvgIpc) is 2.64. The molecule has 0 aliphatic rings. The molecular formula is C18H29BN2O6. The number of aliphatic carboxylic acids is 1. The maximum absolute atomic E-state index is 11.6. The Kier molecular flexibility index (Phi) is 10.5. The van der Waals surface area contributed by atoms with E-state index in [-0.39, 0.29) is 25.8 Å². The van der Waals surface area contributed by atoms with E-state index < -0.39 is 24.7 Å². The van der Waals surface area contributed by atoms with Crippen molar-refractivity contribution in [3.63, 3.8) is 0 Å². The highest BCUT2D eigenvalue weighted by Crippen LogP contribution is 2.20. The number of ether oxygens (including phenoxy) is 1. The monoisotopic (exact) mass is 380 g/mol. The van der Waals surface area contributed by atoms with Crippen molar-refractivity contribution in [1.29, 1.82) is 0 Å². The number of nitrogens with two attached hydrogens (primary N) is 1. The van der Waals surface area contributed by atoms with Crippen LogP contribution in [0.2, 0.25) is 6.32 Å². The van der Waals surface area contributed by atoms with Crippen LogP contribution < -0.4 is 11.1 Å². The standard InChI is InChI=1S/C18H29BN2O6/c20-18(16(22)23,10-4-6-12-19(25)26)11-5-7-13-21-17(24)27-14-15-8-2-1-3-9-15/h1-3,8-9,25-26H,4-7,10-14,20H2,(H,21,24)(H,22,23). The van der Waals surface area contributed by atoms with Gasteiger partial charge in [-0.15, -0.1) is 0 Å². The molecule has 150 valence electrons. The summed E-state index contributed by atoms with van der Waals surface area (Å²) >= 11 is 0. The van der Waals surface area contributed by atoms with E-state index >= 15 is 0 Å². The highest BCUT2D eigenvalue weighted by Gasteiger charge is 2.32. The second-order valence-electron chi connectivity index (χ2n) is 6.63. The van der Waals surface area contributed by atoms with Crippen LogP contribution in [0.15, 0.2) is 30.3 Å². The molecule has 0 aliphatic carbocycles. The zero-order valence-electron chi connectivity index (χ0n) is 15.5. The van der Waals surface area contributed by atoms with E-state index in [0.717, 1.165) is 5.56 Å². The number of hydrogen-bond donors (Lipinski definition) is 5. The minimum atomic E-state index is -1.38. The molecule has 0 saturated heterocycles. The molecule has 0 spiro atoms. The van der Waals surface area contributed by atoms with E-state index in [4.69, 9.17) is 20.5 Å². The Morgan fingerprint density at radius 1 is 1.07 bits per heavy atom. The Bertz CT molecular complexity index is 572. The van der Waals surface area contributed by atoms with Crippen LogP contribution in [-0.2, 0) is 16.1 Å². The maximum atomic E-state index is 11.6. The van der Waals surface area contributed by atoms with Crippen LogP contribution in [0.1, 0.15) is 44.1 Å². The number of nitrogens with one attached hydrogen (secondary N) is 1. The number of carboxylic acids is 1. The predicted molar refractivity (Wildman–Crippen MR) is 102 cm³/mol. The van der Waals surface area contributed by atoms with Crippen LogP contribution in [0.3, 0.4) is 0 Å². The van der Waals surface area contributed by atoms with Gasteiger partial charge in [-0.3, -0.25) is 4.79 Å².